The Morgan fingerprint density at radius 2 is 2.31 bits per heavy atom. The number of thioether (sulfide) groups is 1. The number of rotatable bonds is 4. The van der Waals surface area contributed by atoms with Gasteiger partial charge in [-0.2, -0.15) is 0 Å². The lowest BCUT2D eigenvalue weighted by molar-refractivity contribution is 0.310. The van der Waals surface area contributed by atoms with Gasteiger partial charge in [-0.3, -0.25) is 9.88 Å². The van der Waals surface area contributed by atoms with Gasteiger partial charge in [-0.25, -0.2) is 4.98 Å². The SMILES string of the molecule is CSc1nccnc1CN1CC[C@H](CN)C1. The molecule has 1 aliphatic rings. The van der Waals surface area contributed by atoms with Gasteiger partial charge in [0.1, 0.15) is 5.03 Å². The van der Waals surface area contributed by atoms with Gasteiger partial charge in [-0.05, 0) is 31.7 Å². The minimum atomic E-state index is 0.661. The summed E-state index contributed by atoms with van der Waals surface area (Å²) in [5, 5.41) is 1.04. The van der Waals surface area contributed by atoms with Crippen molar-refractivity contribution in [2.75, 3.05) is 25.9 Å². The molecule has 2 N–H and O–H groups in total. The van der Waals surface area contributed by atoms with Gasteiger partial charge in [0.25, 0.3) is 0 Å². The predicted molar refractivity (Wildman–Crippen MR) is 66.3 cm³/mol. The Morgan fingerprint density at radius 1 is 1.50 bits per heavy atom. The van der Waals surface area contributed by atoms with Gasteiger partial charge in [-0.15, -0.1) is 11.8 Å². The highest BCUT2D eigenvalue weighted by molar-refractivity contribution is 7.98. The van der Waals surface area contributed by atoms with Crippen LogP contribution in [0.15, 0.2) is 17.4 Å². The molecule has 1 fully saturated rings. The van der Waals surface area contributed by atoms with Crippen molar-refractivity contribution in [1.82, 2.24) is 14.9 Å². The molecule has 88 valence electrons. The van der Waals surface area contributed by atoms with Crippen LogP contribution in [0.4, 0.5) is 0 Å². The van der Waals surface area contributed by atoms with Crippen molar-refractivity contribution in [3.63, 3.8) is 0 Å². The van der Waals surface area contributed by atoms with Crippen molar-refractivity contribution in [3.8, 4) is 0 Å². The summed E-state index contributed by atoms with van der Waals surface area (Å²) in [6, 6.07) is 0. The van der Waals surface area contributed by atoms with E-state index in [-0.39, 0.29) is 0 Å². The zero-order valence-electron chi connectivity index (χ0n) is 9.59. The maximum absolute atomic E-state index is 5.69. The Hall–Kier alpha value is -0.650. The van der Waals surface area contributed by atoms with Crippen molar-refractivity contribution >= 4 is 11.8 Å². The molecule has 16 heavy (non-hydrogen) atoms. The first-order valence-corrected chi connectivity index (χ1v) is 6.82. The number of nitrogens with two attached hydrogens (primary N) is 1. The fraction of sp³-hybridized carbons (Fsp3) is 0.636. The van der Waals surface area contributed by atoms with E-state index in [0.717, 1.165) is 36.9 Å². The largest absolute Gasteiger partial charge is 0.330 e. The van der Waals surface area contributed by atoms with Gasteiger partial charge in [-0.1, -0.05) is 0 Å². The topological polar surface area (TPSA) is 55.0 Å². The Bertz CT molecular complexity index is 345. The molecule has 2 rings (SSSR count). The molecule has 1 atom stereocenters. The van der Waals surface area contributed by atoms with E-state index in [1.807, 2.05) is 6.26 Å². The normalized spacial score (nSPS) is 21.5. The third-order valence-corrected chi connectivity index (χ3v) is 3.73. The predicted octanol–water partition coefficient (Wildman–Crippen LogP) is 0.979. The van der Waals surface area contributed by atoms with Crippen LogP contribution in [0.5, 0.6) is 0 Å². The Kier molecular flexibility index (Phi) is 4.15. The van der Waals surface area contributed by atoms with Crippen molar-refractivity contribution in [3.05, 3.63) is 18.1 Å². The highest BCUT2D eigenvalue weighted by Crippen LogP contribution is 2.20. The highest BCUT2D eigenvalue weighted by Gasteiger charge is 2.22. The van der Waals surface area contributed by atoms with E-state index in [1.165, 1.54) is 6.42 Å². The molecule has 1 aromatic rings. The second-order valence-corrected chi connectivity index (χ2v) is 4.93. The molecule has 0 unspecified atom stereocenters. The number of hydrogen-bond donors (Lipinski definition) is 1. The van der Waals surface area contributed by atoms with Crippen molar-refractivity contribution < 1.29 is 0 Å². The molecule has 0 aliphatic carbocycles. The molecular weight excluding hydrogens is 220 g/mol. The fourth-order valence-electron chi connectivity index (χ4n) is 2.09. The lowest BCUT2D eigenvalue weighted by atomic mass is 10.1. The van der Waals surface area contributed by atoms with E-state index < -0.39 is 0 Å². The molecule has 0 saturated carbocycles. The summed E-state index contributed by atoms with van der Waals surface area (Å²) >= 11 is 1.66. The summed E-state index contributed by atoms with van der Waals surface area (Å²) in [6.07, 6.45) is 6.78. The van der Waals surface area contributed by atoms with Gasteiger partial charge < -0.3 is 5.73 Å². The maximum Gasteiger partial charge on any atom is 0.119 e. The summed E-state index contributed by atoms with van der Waals surface area (Å²) in [5.74, 6) is 0.661. The summed E-state index contributed by atoms with van der Waals surface area (Å²) < 4.78 is 0. The standard InChI is InChI=1S/C11H18N4S/c1-16-11-10(13-3-4-14-11)8-15-5-2-9(6-12)7-15/h3-4,9H,2,5-8,12H2,1H3/t9-/m1/s1. The second-order valence-electron chi connectivity index (χ2n) is 4.14. The third kappa shape index (κ3) is 2.72. The second kappa shape index (κ2) is 5.61. The first-order valence-electron chi connectivity index (χ1n) is 5.59. The summed E-state index contributed by atoms with van der Waals surface area (Å²) in [5.41, 5.74) is 6.78. The van der Waals surface area contributed by atoms with Crippen LogP contribution in [-0.4, -0.2) is 40.8 Å². The smallest absolute Gasteiger partial charge is 0.119 e. The number of nitrogens with zero attached hydrogens (tertiary/aromatic N) is 3. The number of likely N-dealkylation sites (tertiary alicyclic amines) is 1. The van der Waals surface area contributed by atoms with E-state index in [0.29, 0.717) is 5.92 Å². The lowest BCUT2D eigenvalue weighted by Gasteiger charge is -2.16. The summed E-state index contributed by atoms with van der Waals surface area (Å²) in [6.45, 7) is 3.93. The maximum atomic E-state index is 5.69. The van der Waals surface area contributed by atoms with Crippen LogP contribution in [0.2, 0.25) is 0 Å². The van der Waals surface area contributed by atoms with Crippen LogP contribution in [0, 0.1) is 5.92 Å². The zero-order valence-corrected chi connectivity index (χ0v) is 10.4. The molecule has 5 heteroatoms. The molecule has 0 aromatic carbocycles. The Morgan fingerprint density at radius 3 is 3.00 bits per heavy atom. The van der Waals surface area contributed by atoms with Crippen LogP contribution < -0.4 is 5.73 Å². The van der Waals surface area contributed by atoms with Crippen LogP contribution >= 0.6 is 11.8 Å². The van der Waals surface area contributed by atoms with E-state index in [4.69, 9.17) is 5.73 Å². The van der Waals surface area contributed by atoms with Crippen molar-refractivity contribution in [2.45, 2.75) is 18.0 Å². The van der Waals surface area contributed by atoms with Crippen LogP contribution in [0.3, 0.4) is 0 Å². The van der Waals surface area contributed by atoms with Gasteiger partial charge in [0.15, 0.2) is 0 Å². The fourth-order valence-corrected chi connectivity index (χ4v) is 2.61. The molecular formula is C11H18N4S. The van der Waals surface area contributed by atoms with Gasteiger partial charge in [0, 0.05) is 25.5 Å². The molecule has 0 amide bonds. The Labute approximate surface area is 101 Å². The van der Waals surface area contributed by atoms with Crippen molar-refractivity contribution in [2.24, 2.45) is 11.7 Å². The molecule has 1 aromatic heterocycles. The van der Waals surface area contributed by atoms with E-state index in [9.17, 15) is 0 Å². The molecule has 0 spiro atoms. The lowest BCUT2D eigenvalue weighted by Crippen LogP contribution is -2.23. The molecule has 0 bridgehead atoms. The molecule has 2 heterocycles. The summed E-state index contributed by atoms with van der Waals surface area (Å²) in [7, 11) is 0. The van der Waals surface area contributed by atoms with Crippen LogP contribution in [-0.2, 0) is 6.54 Å². The Balaban J connectivity index is 1.99. The van der Waals surface area contributed by atoms with Gasteiger partial charge in [0.05, 0.1) is 5.69 Å². The number of aromatic nitrogens is 2. The molecule has 1 aliphatic heterocycles. The van der Waals surface area contributed by atoms with Crippen LogP contribution in [0.25, 0.3) is 0 Å². The average molecular weight is 238 g/mol. The van der Waals surface area contributed by atoms with Gasteiger partial charge >= 0.3 is 0 Å². The summed E-state index contributed by atoms with van der Waals surface area (Å²) in [4.78, 5) is 11.2. The molecule has 1 saturated heterocycles. The van der Waals surface area contributed by atoms with Gasteiger partial charge in [0.2, 0.25) is 0 Å². The first kappa shape index (κ1) is 11.8. The quantitative estimate of drug-likeness (QED) is 0.792. The third-order valence-electron chi connectivity index (χ3n) is 3.01. The van der Waals surface area contributed by atoms with E-state index >= 15 is 0 Å². The van der Waals surface area contributed by atoms with E-state index in [1.54, 1.807) is 24.2 Å². The number of hydrogen-bond acceptors (Lipinski definition) is 5. The highest BCUT2D eigenvalue weighted by atomic mass is 32.2. The minimum Gasteiger partial charge on any atom is -0.330 e. The first-order chi connectivity index (χ1) is 7.83. The average Bonchev–Trinajstić information content (AvgIpc) is 2.77. The molecule has 0 radical (unpaired) electrons. The molecule has 4 nitrogen and oxygen atoms in total. The monoisotopic (exact) mass is 238 g/mol. The van der Waals surface area contributed by atoms with Crippen molar-refractivity contribution in [1.29, 1.82) is 0 Å². The van der Waals surface area contributed by atoms with Crippen LogP contribution in [0.1, 0.15) is 12.1 Å². The minimum absolute atomic E-state index is 0.661. The van der Waals surface area contributed by atoms with E-state index in [2.05, 4.69) is 14.9 Å². The zero-order chi connectivity index (χ0) is 11.4.